The Morgan fingerprint density at radius 3 is 2.39 bits per heavy atom. The van der Waals surface area contributed by atoms with E-state index in [2.05, 4.69) is 70.0 Å². The number of halogens is 1. The number of hydrogen-bond donors (Lipinski definition) is 6. The molecule has 3 aromatic rings. The molecule has 1 unspecified atom stereocenters. The van der Waals surface area contributed by atoms with E-state index in [0.717, 1.165) is 27.5 Å². The third-order valence-electron chi connectivity index (χ3n) is 9.32. The second kappa shape index (κ2) is 27.2. The molecule has 0 saturated carbocycles. The lowest BCUT2D eigenvalue weighted by Gasteiger charge is -2.32. The van der Waals surface area contributed by atoms with Gasteiger partial charge in [-0.05, 0) is 130 Å². The first kappa shape index (κ1) is 54.9. The van der Waals surface area contributed by atoms with Crippen molar-refractivity contribution in [2.45, 2.75) is 119 Å². The number of hydrogen-bond acceptors (Lipinski definition) is 12. The van der Waals surface area contributed by atoms with Crippen LogP contribution in [-0.4, -0.2) is 116 Å². The summed E-state index contributed by atoms with van der Waals surface area (Å²) in [5.41, 5.74) is 4.86. The van der Waals surface area contributed by atoms with E-state index >= 15 is 4.39 Å². The predicted molar refractivity (Wildman–Crippen MR) is 253 cm³/mol. The van der Waals surface area contributed by atoms with Crippen LogP contribution in [-0.2, 0) is 19.1 Å². The van der Waals surface area contributed by atoms with Crippen LogP contribution in [0.1, 0.15) is 114 Å². The number of carbonyl (C=O) groups is 3. The molecule has 0 saturated heterocycles. The summed E-state index contributed by atoms with van der Waals surface area (Å²) >= 11 is 1.71. The molecular formula is C47H70FN7O8S. The molecule has 15 nitrogen and oxygen atoms in total. The Balaban J connectivity index is 0.000000451. The maximum absolute atomic E-state index is 15.1. The predicted octanol–water partition coefficient (Wildman–Crippen LogP) is 7.89. The van der Waals surface area contributed by atoms with Gasteiger partial charge < -0.3 is 40.3 Å². The Morgan fingerprint density at radius 1 is 1.09 bits per heavy atom. The third-order valence-corrected chi connectivity index (χ3v) is 10.3. The van der Waals surface area contributed by atoms with Gasteiger partial charge in [-0.15, -0.1) is 11.3 Å². The fourth-order valence-corrected chi connectivity index (χ4v) is 7.42. The van der Waals surface area contributed by atoms with Gasteiger partial charge in [0.25, 0.3) is 0 Å². The van der Waals surface area contributed by atoms with Gasteiger partial charge in [0, 0.05) is 44.2 Å². The summed E-state index contributed by atoms with van der Waals surface area (Å²) in [5.74, 6) is -1.13. The van der Waals surface area contributed by atoms with Crippen molar-refractivity contribution in [3.05, 3.63) is 86.5 Å². The van der Waals surface area contributed by atoms with Gasteiger partial charge in [-0.2, -0.15) is 5.10 Å². The number of nitrogens with one attached hydrogen (secondary N) is 3. The van der Waals surface area contributed by atoms with Crippen molar-refractivity contribution < 1.29 is 43.6 Å². The number of fused-ring (bicyclic) bond motifs is 1. The molecule has 1 atom stereocenters. The van der Waals surface area contributed by atoms with Crippen molar-refractivity contribution in [3.63, 3.8) is 0 Å². The molecule has 354 valence electrons. The average molecular weight is 912 g/mol. The monoisotopic (exact) mass is 911 g/mol. The normalized spacial score (nSPS) is 16.3. The highest BCUT2D eigenvalue weighted by atomic mass is 32.1. The first-order valence-corrected chi connectivity index (χ1v) is 22.5. The summed E-state index contributed by atoms with van der Waals surface area (Å²) in [5, 5.41) is 43.2. The van der Waals surface area contributed by atoms with Gasteiger partial charge >= 0.3 is 12.3 Å². The van der Waals surface area contributed by atoms with Crippen LogP contribution in [0.3, 0.4) is 0 Å². The zero-order valence-corrected chi connectivity index (χ0v) is 40.2. The Bertz CT molecular complexity index is 2110. The van der Waals surface area contributed by atoms with Crippen molar-refractivity contribution in [1.82, 2.24) is 35.6 Å². The van der Waals surface area contributed by atoms with Gasteiger partial charge in [-0.25, -0.2) is 14.2 Å². The quantitative estimate of drug-likeness (QED) is 0.0535. The minimum Gasteiger partial charge on any atom is -0.444 e. The van der Waals surface area contributed by atoms with Crippen molar-refractivity contribution in [2.75, 3.05) is 39.8 Å². The lowest BCUT2D eigenvalue weighted by molar-refractivity contribution is -0.440. The number of thiazole rings is 1. The number of aryl methyl sites for hydroxylation is 2. The lowest BCUT2D eigenvalue weighted by atomic mass is 10.0. The molecule has 0 aliphatic heterocycles. The number of H-pyrrole nitrogens is 1. The van der Waals surface area contributed by atoms with Crippen molar-refractivity contribution in [1.29, 1.82) is 0 Å². The average Bonchev–Trinajstić information content (AvgIpc) is 3.79. The van der Waals surface area contributed by atoms with Crippen LogP contribution in [0.25, 0.3) is 28.6 Å². The summed E-state index contributed by atoms with van der Waals surface area (Å²) in [7, 11) is 1.56. The van der Waals surface area contributed by atoms with Crippen molar-refractivity contribution >= 4 is 58.4 Å². The number of aliphatic hydroxyl groups is 3. The lowest BCUT2D eigenvalue weighted by Crippen LogP contribution is -2.50. The molecule has 0 fully saturated rings. The Kier molecular flexibility index (Phi) is 23.3. The standard InChI is InChI=1S/C27H46FN3O7.C18H19N3S.C2H5NO/c1-7-13-22(24(32)29-16-18-30(9-3)25(33)38-26(4,5)6)31(17-8-2)19-20-21(28)14-11-10-12-15-23(20)37-27(34,35)36;1-5-6-16-17(22-13(4)19-16)10-12(3)18-14-9-11(2)7-8-15(14)20-21-18;1-3-2-4/h11,14-15,22,34-36H,7-10,12-13,16-19H2,1-6H3,(H,29,32);5-10H,1-4H3,(H,20,21);2H,1H3,(H,3,4)/b14-11-,21-20+,23-15+;6-5-,12-10+;. The van der Waals surface area contributed by atoms with Crippen LogP contribution in [0.4, 0.5) is 9.18 Å². The minimum atomic E-state index is -3.48. The zero-order chi connectivity index (χ0) is 48.0. The smallest absolute Gasteiger partial charge is 0.444 e. The van der Waals surface area contributed by atoms with E-state index in [-0.39, 0.29) is 36.9 Å². The van der Waals surface area contributed by atoms with E-state index < -0.39 is 29.7 Å². The molecule has 4 rings (SSSR count). The molecule has 1 aromatic carbocycles. The molecule has 1 aliphatic carbocycles. The van der Waals surface area contributed by atoms with E-state index in [1.54, 1.807) is 50.1 Å². The van der Waals surface area contributed by atoms with Gasteiger partial charge in [0.2, 0.25) is 12.3 Å². The first-order valence-electron chi connectivity index (χ1n) is 21.7. The molecule has 2 aromatic heterocycles. The highest BCUT2D eigenvalue weighted by molar-refractivity contribution is 7.12. The molecule has 1 aliphatic rings. The number of aromatic nitrogens is 3. The second-order valence-electron chi connectivity index (χ2n) is 16.0. The van der Waals surface area contributed by atoms with E-state index in [1.807, 2.05) is 40.7 Å². The molecule has 3 amide bonds. The highest BCUT2D eigenvalue weighted by Crippen LogP contribution is 2.30. The van der Waals surface area contributed by atoms with E-state index in [0.29, 0.717) is 51.6 Å². The summed E-state index contributed by atoms with van der Waals surface area (Å²) < 4.78 is 25.4. The van der Waals surface area contributed by atoms with Crippen molar-refractivity contribution in [2.24, 2.45) is 0 Å². The summed E-state index contributed by atoms with van der Waals surface area (Å²) in [6, 6.07) is 5.74. The number of allylic oxidation sites excluding steroid dienone is 6. The van der Waals surface area contributed by atoms with Crippen LogP contribution >= 0.6 is 11.3 Å². The summed E-state index contributed by atoms with van der Waals surface area (Å²) in [6.07, 6.45) is 10.1. The number of rotatable bonds is 18. The Hall–Kier alpha value is -5.20. The number of carbonyl (C=O) groups excluding carboxylic acids is 3. The SMILES string of the molecule is C/C=C\c1nc(C)sc1/C=C(\C)c1n[nH]c2ccc(C)cc12.CCCC(C(=O)NCCN(CC)C(=O)OC(C)(C)C)N(CCC)CC1=C(F)/C=C\CC/C=C\1OC(O)(O)O.CNC=O. The number of aromatic amines is 1. The fourth-order valence-electron chi connectivity index (χ4n) is 6.50. The Morgan fingerprint density at radius 2 is 1.80 bits per heavy atom. The van der Waals surface area contributed by atoms with E-state index in [4.69, 9.17) is 14.3 Å². The van der Waals surface area contributed by atoms with Gasteiger partial charge in [0.05, 0.1) is 32.8 Å². The third kappa shape index (κ3) is 18.9. The largest absolute Gasteiger partial charge is 0.453 e. The second-order valence-corrected chi connectivity index (χ2v) is 17.2. The Labute approximate surface area is 381 Å². The van der Waals surface area contributed by atoms with Gasteiger partial charge in [0.1, 0.15) is 17.2 Å². The number of nitrogens with zero attached hydrogens (tertiary/aromatic N) is 4. The molecular weight excluding hydrogens is 842 g/mol. The number of benzene rings is 1. The van der Waals surface area contributed by atoms with Gasteiger partial charge in [0.15, 0.2) is 0 Å². The fraction of sp³-hybridized carbons (Fsp3) is 0.511. The van der Waals surface area contributed by atoms with Crippen LogP contribution in [0.15, 0.2) is 59.7 Å². The van der Waals surface area contributed by atoms with Crippen molar-refractivity contribution in [3.8, 4) is 0 Å². The highest BCUT2D eigenvalue weighted by Gasteiger charge is 2.31. The summed E-state index contributed by atoms with van der Waals surface area (Å²) in [4.78, 5) is 43.8. The van der Waals surface area contributed by atoms with Gasteiger partial charge in [-0.1, -0.05) is 44.1 Å². The number of amides is 3. The molecule has 6 N–H and O–H groups in total. The van der Waals surface area contributed by atoms with Crippen LogP contribution in [0.5, 0.6) is 0 Å². The molecule has 2 heterocycles. The topological polar surface area (TPSA) is 202 Å². The molecule has 0 radical (unpaired) electrons. The van der Waals surface area contributed by atoms with E-state index in [1.165, 1.54) is 32.9 Å². The number of likely N-dealkylation sites (N-methyl/N-ethyl adjacent to an activating group) is 1. The zero-order valence-electron chi connectivity index (χ0n) is 39.4. The molecule has 0 spiro atoms. The molecule has 17 heteroatoms. The maximum atomic E-state index is 15.1. The molecule has 64 heavy (non-hydrogen) atoms. The van der Waals surface area contributed by atoms with Gasteiger partial charge in [-0.3, -0.25) is 19.6 Å². The van der Waals surface area contributed by atoms with E-state index in [9.17, 15) is 24.9 Å². The summed E-state index contributed by atoms with van der Waals surface area (Å²) in [6.45, 7) is 20.6. The number of ether oxygens (including phenoxy) is 2. The van der Waals surface area contributed by atoms with Crippen LogP contribution in [0.2, 0.25) is 0 Å². The minimum absolute atomic E-state index is 0.00749. The first-order chi connectivity index (χ1) is 30.2. The van der Waals surface area contributed by atoms with Crippen LogP contribution in [0, 0.1) is 13.8 Å². The van der Waals surface area contributed by atoms with Crippen LogP contribution < -0.4 is 10.6 Å². The molecule has 0 bridgehead atoms. The maximum Gasteiger partial charge on any atom is 0.453 e.